The fraction of sp³-hybridized carbons (Fsp3) is 0.538. The summed E-state index contributed by atoms with van der Waals surface area (Å²) in [6.07, 6.45) is 2.62. The monoisotopic (exact) mass is 362 g/mol. The number of hydrogen-bond acceptors (Lipinski definition) is 2. The quantitative estimate of drug-likeness (QED) is 0.423. The fourth-order valence-corrected chi connectivity index (χ4v) is 2.74. The predicted octanol–water partition coefficient (Wildman–Crippen LogP) is 4.42. The topological polar surface area (TPSA) is 18.5 Å². The lowest BCUT2D eigenvalue weighted by molar-refractivity contribution is 0.00921. The molecule has 1 aliphatic rings. The Morgan fingerprint density at radius 1 is 1.35 bits per heavy atom. The van der Waals surface area contributed by atoms with E-state index in [4.69, 9.17) is 9.47 Å². The predicted molar refractivity (Wildman–Crippen MR) is 75.7 cm³/mol. The summed E-state index contributed by atoms with van der Waals surface area (Å²) in [4.78, 5) is 0. The Morgan fingerprint density at radius 3 is 2.76 bits per heavy atom. The van der Waals surface area contributed by atoms with Gasteiger partial charge in [-0.1, -0.05) is 31.9 Å². The zero-order valence-corrected chi connectivity index (χ0v) is 13.0. The Bertz CT molecular complexity index is 389. The number of benzene rings is 1. The molecule has 0 radical (unpaired) electrons. The molecule has 0 bridgehead atoms. The maximum atomic E-state index is 5.72. The highest BCUT2D eigenvalue weighted by Gasteiger charge is 2.21. The Kier molecular flexibility index (Phi) is 4.88. The van der Waals surface area contributed by atoms with E-state index in [9.17, 15) is 0 Å². The van der Waals surface area contributed by atoms with Gasteiger partial charge in [-0.15, -0.1) is 0 Å². The van der Waals surface area contributed by atoms with Crippen LogP contribution in [0, 0.1) is 12.8 Å². The molecule has 1 aliphatic carbocycles. The number of alkyl halides is 1. The van der Waals surface area contributed by atoms with Gasteiger partial charge in [-0.2, -0.15) is 0 Å². The minimum Gasteiger partial charge on any atom is -0.467 e. The van der Waals surface area contributed by atoms with Crippen molar-refractivity contribution in [2.45, 2.75) is 25.1 Å². The first-order valence-electron chi connectivity index (χ1n) is 5.76. The van der Waals surface area contributed by atoms with E-state index in [-0.39, 0.29) is 0 Å². The molecule has 0 aliphatic heterocycles. The molecule has 94 valence electrons. The van der Waals surface area contributed by atoms with Gasteiger partial charge in [0.25, 0.3) is 0 Å². The average Bonchev–Trinajstić information content (AvgIpc) is 3.09. The van der Waals surface area contributed by atoms with E-state index < -0.39 is 0 Å². The first-order valence-corrected chi connectivity index (χ1v) is 7.67. The maximum Gasteiger partial charge on any atom is 0.189 e. The molecule has 0 saturated heterocycles. The molecule has 0 N–H and O–H groups in total. The Morgan fingerprint density at radius 2 is 2.12 bits per heavy atom. The third-order valence-electron chi connectivity index (χ3n) is 2.80. The number of rotatable bonds is 6. The van der Waals surface area contributed by atoms with Crippen molar-refractivity contribution in [2.75, 3.05) is 13.4 Å². The first-order chi connectivity index (χ1) is 8.20. The maximum absolute atomic E-state index is 5.72. The standard InChI is InChI=1S/C13H16Br2O2/c1-9-4-12(15)5-11(6-14)13(9)17-8-16-7-10-2-3-10/h4-5,10H,2-3,6-8H2,1H3. The minimum absolute atomic E-state index is 0.346. The molecule has 4 heteroatoms. The Balaban J connectivity index is 1.92. The number of hydrogen-bond donors (Lipinski definition) is 0. The highest BCUT2D eigenvalue weighted by atomic mass is 79.9. The van der Waals surface area contributed by atoms with Crippen LogP contribution in [0.4, 0.5) is 0 Å². The zero-order valence-electron chi connectivity index (χ0n) is 9.84. The highest BCUT2D eigenvalue weighted by molar-refractivity contribution is 9.10. The van der Waals surface area contributed by atoms with Crippen LogP contribution in [0.2, 0.25) is 0 Å². The third-order valence-corrected chi connectivity index (χ3v) is 3.86. The van der Waals surface area contributed by atoms with Gasteiger partial charge in [0, 0.05) is 15.4 Å². The Hall–Kier alpha value is -0.0600. The Labute approximate surface area is 119 Å². The van der Waals surface area contributed by atoms with Gasteiger partial charge in [0.05, 0.1) is 6.61 Å². The molecule has 2 nitrogen and oxygen atoms in total. The summed E-state index contributed by atoms with van der Waals surface area (Å²) in [5.74, 6) is 1.71. The molecular weight excluding hydrogens is 348 g/mol. The van der Waals surface area contributed by atoms with E-state index in [2.05, 4.69) is 44.0 Å². The van der Waals surface area contributed by atoms with Crippen molar-refractivity contribution in [3.63, 3.8) is 0 Å². The van der Waals surface area contributed by atoms with Crippen LogP contribution < -0.4 is 4.74 Å². The lowest BCUT2D eigenvalue weighted by Gasteiger charge is -2.13. The van der Waals surface area contributed by atoms with Crippen LogP contribution in [0.15, 0.2) is 16.6 Å². The molecule has 0 heterocycles. The largest absolute Gasteiger partial charge is 0.467 e. The summed E-state index contributed by atoms with van der Waals surface area (Å²) < 4.78 is 12.3. The van der Waals surface area contributed by atoms with Crippen LogP contribution >= 0.6 is 31.9 Å². The van der Waals surface area contributed by atoms with Crippen molar-refractivity contribution < 1.29 is 9.47 Å². The zero-order chi connectivity index (χ0) is 12.3. The number of halogens is 2. The highest BCUT2D eigenvalue weighted by Crippen LogP contribution is 2.31. The SMILES string of the molecule is Cc1cc(Br)cc(CBr)c1OCOCC1CC1. The molecular formula is C13H16Br2O2. The molecule has 0 amide bonds. The minimum atomic E-state index is 0.346. The van der Waals surface area contributed by atoms with Gasteiger partial charge in [-0.3, -0.25) is 0 Å². The summed E-state index contributed by atoms with van der Waals surface area (Å²) in [5.41, 5.74) is 2.27. The summed E-state index contributed by atoms with van der Waals surface area (Å²) in [5, 5.41) is 0.783. The van der Waals surface area contributed by atoms with Crippen LogP contribution in [0.5, 0.6) is 5.75 Å². The smallest absolute Gasteiger partial charge is 0.189 e. The molecule has 0 unspecified atom stereocenters. The molecule has 1 aromatic rings. The van der Waals surface area contributed by atoms with Crippen LogP contribution in [-0.2, 0) is 10.1 Å². The number of ether oxygens (including phenoxy) is 2. The third kappa shape index (κ3) is 3.97. The normalized spacial score (nSPS) is 15.0. The number of aryl methyl sites for hydroxylation is 1. The van der Waals surface area contributed by atoms with Crippen molar-refractivity contribution in [3.8, 4) is 5.75 Å². The van der Waals surface area contributed by atoms with Crippen LogP contribution in [0.25, 0.3) is 0 Å². The van der Waals surface area contributed by atoms with Crippen molar-refractivity contribution in [3.05, 3.63) is 27.7 Å². The van der Waals surface area contributed by atoms with E-state index in [0.29, 0.717) is 6.79 Å². The average molecular weight is 364 g/mol. The van der Waals surface area contributed by atoms with Crippen molar-refractivity contribution in [1.82, 2.24) is 0 Å². The summed E-state index contributed by atoms with van der Waals surface area (Å²) in [6.45, 7) is 3.23. The molecule has 0 aromatic heterocycles. The van der Waals surface area contributed by atoms with Crippen LogP contribution in [-0.4, -0.2) is 13.4 Å². The molecule has 2 rings (SSSR count). The second-order valence-corrected chi connectivity index (χ2v) is 5.90. The van der Waals surface area contributed by atoms with Crippen LogP contribution in [0.1, 0.15) is 24.0 Å². The van der Waals surface area contributed by atoms with Gasteiger partial charge < -0.3 is 9.47 Å². The van der Waals surface area contributed by atoms with Gasteiger partial charge in [-0.25, -0.2) is 0 Å². The van der Waals surface area contributed by atoms with E-state index >= 15 is 0 Å². The van der Waals surface area contributed by atoms with E-state index in [0.717, 1.165) is 39.2 Å². The molecule has 0 spiro atoms. The van der Waals surface area contributed by atoms with Gasteiger partial charge in [0.15, 0.2) is 6.79 Å². The van der Waals surface area contributed by atoms with Gasteiger partial charge >= 0.3 is 0 Å². The van der Waals surface area contributed by atoms with Gasteiger partial charge in [-0.05, 0) is 43.4 Å². The summed E-state index contributed by atoms with van der Waals surface area (Å²) >= 11 is 6.97. The second kappa shape index (κ2) is 6.21. The van der Waals surface area contributed by atoms with E-state index in [1.807, 2.05) is 6.92 Å². The fourth-order valence-electron chi connectivity index (χ4n) is 1.70. The van der Waals surface area contributed by atoms with Crippen molar-refractivity contribution >= 4 is 31.9 Å². The summed E-state index contributed by atoms with van der Waals surface area (Å²) in [6, 6.07) is 4.13. The van der Waals surface area contributed by atoms with Gasteiger partial charge in [0.1, 0.15) is 5.75 Å². The first kappa shape index (κ1) is 13.4. The van der Waals surface area contributed by atoms with Crippen LogP contribution in [0.3, 0.4) is 0 Å². The molecule has 0 atom stereocenters. The molecule has 1 fully saturated rings. The lowest BCUT2D eigenvalue weighted by atomic mass is 10.1. The lowest BCUT2D eigenvalue weighted by Crippen LogP contribution is -2.07. The second-order valence-electron chi connectivity index (χ2n) is 4.42. The summed E-state index contributed by atoms with van der Waals surface area (Å²) in [7, 11) is 0. The van der Waals surface area contributed by atoms with Gasteiger partial charge in [0.2, 0.25) is 0 Å². The molecule has 17 heavy (non-hydrogen) atoms. The van der Waals surface area contributed by atoms with E-state index in [1.165, 1.54) is 12.8 Å². The van der Waals surface area contributed by atoms with Crippen molar-refractivity contribution in [1.29, 1.82) is 0 Å². The van der Waals surface area contributed by atoms with Crippen molar-refractivity contribution in [2.24, 2.45) is 5.92 Å². The van der Waals surface area contributed by atoms with E-state index in [1.54, 1.807) is 0 Å². The molecule has 1 aromatic carbocycles. The molecule has 1 saturated carbocycles.